The minimum absolute atomic E-state index is 0.326. The lowest BCUT2D eigenvalue weighted by atomic mass is 10.1. The van der Waals surface area contributed by atoms with Crippen LogP contribution in [0, 0.1) is 0 Å². The van der Waals surface area contributed by atoms with Crippen LogP contribution in [0.5, 0.6) is 17.2 Å². The lowest BCUT2D eigenvalue weighted by molar-refractivity contribution is -0.274. The molecule has 1 amide bonds. The Hall–Kier alpha value is -4.01. The molecule has 0 spiro atoms. The van der Waals surface area contributed by atoms with Crippen LogP contribution in [0.2, 0.25) is 0 Å². The summed E-state index contributed by atoms with van der Waals surface area (Å²) in [5.41, 5.74) is 7.95. The van der Waals surface area contributed by atoms with Crippen LogP contribution in [-0.2, 0) is 6.42 Å². The first kappa shape index (κ1) is 20.3. The van der Waals surface area contributed by atoms with E-state index in [1.165, 1.54) is 24.3 Å². The molecule has 158 valence electrons. The largest absolute Gasteiger partial charge is 0.573 e. The zero-order valence-electron chi connectivity index (χ0n) is 16.0. The SMILES string of the molecule is NC(=O)c1c(Cc2ccc(Oc3ccc(OC(F)(F)F)cc3)cc2)nc2ccccn12. The van der Waals surface area contributed by atoms with Crippen LogP contribution in [0.4, 0.5) is 13.2 Å². The summed E-state index contributed by atoms with van der Waals surface area (Å²) in [4.78, 5) is 16.4. The Morgan fingerprint density at radius 3 is 2.16 bits per heavy atom. The highest BCUT2D eigenvalue weighted by Crippen LogP contribution is 2.28. The van der Waals surface area contributed by atoms with Gasteiger partial charge >= 0.3 is 6.36 Å². The number of nitrogens with two attached hydrogens (primary N) is 1. The Morgan fingerprint density at radius 1 is 0.935 bits per heavy atom. The lowest BCUT2D eigenvalue weighted by Gasteiger charge is -2.10. The number of hydrogen-bond acceptors (Lipinski definition) is 4. The molecule has 9 heteroatoms. The number of carbonyl (C=O) groups excluding carboxylic acids is 1. The van der Waals surface area contributed by atoms with Gasteiger partial charge in [0.15, 0.2) is 0 Å². The van der Waals surface area contributed by atoms with Crippen molar-refractivity contribution in [3.63, 3.8) is 0 Å². The van der Waals surface area contributed by atoms with Gasteiger partial charge in [0.25, 0.3) is 5.91 Å². The van der Waals surface area contributed by atoms with Gasteiger partial charge in [-0.25, -0.2) is 4.98 Å². The lowest BCUT2D eigenvalue weighted by Crippen LogP contribution is -2.16. The van der Waals surface area contributed by atoms with Crippen molar-refractivity contribution in [2.45, 2.75) is 12.8 Å². The fraction of sp³-hybridized carbons (Fsp3) is 0.0909. The van der Waals surface area contributed by atoms with Gasteiger partial charge in [-0.15, -0.1) is 13.2 Å². The molecule has 4 rings (SSSR count). The Labute approximate surface area is 174 Å². The Bertz CT molecular complexity index is 1220. The van der Waals surface area contributed by atoms with Crippen molar-refractivity contribution in [2.24, 2.45) is 5.73 Å². The number of fused-ring (bicyclic) bond motifs is 1. The van der Waals surface area contributed by atoms with Crippen LogP contribution in [0.25, 0.3) is 5.65 Å². The quantitative estimate of drug-likeness (QED) is 0.483. The number of halogens is 3. The third-order valence-electron chi connectivity index (χ3n) is 4.42. The number of alkyl halides is 3. The van der Waals surface area contributed by atoms with Gasteiger partial charge in [0.2, 0.25) is 0 Å². The van der Waals surface area contributed by atoms with Gasteiger partial charge in [-0.3, -0.25) is 9.20 Å². The van der Waals surface area contributed by atoms with Crippen LogP contribution >= 0.6 is 0 Å². The van der Waals surface area contributed by atoms with Crippen LogP contribution < -0.4 is 15.2 Å². The molecule has 0 aliphatic heterocycles. The second kappa shape index (κ2) is 8.02. The average Bonchev–Trinajstić information content (AvgIpc) is 3.08. The number of benzene rings is 2. The van der Waals surface area contributed by atoms with E-state index in [1.807, 2.05) is 18.2 Å². The summed E-state index contributed by atoms with van der Waals surface area (Å²) in [5.74, 6) is -0.0310. The molecule has 0 saturated carbocycles. The van der Waals surface area contributed by atoms with Crippen LogP contribution in [0.15, 0.2) is 72.9 Å². The predicted octanol–water partition coefficient (Wildman–Crippen LogP) is 4.71. The maximum Gasteiger partial charge on any atom is 0.573 e. The fourth-order valence-electron chi connectivity index (χ4n) is 3.14. The molecule has 0 unspecified atom stereocenters. The smallest absolute Gasteiger partial charge is 0.457 e. The molecular formula is C22H16F3N3O3. The maximum atomic E-state index is 12.2. The van der Waals surface area contributed by atoms with Gasteiger partial charge in [0.1, 0.15) is 28.6 Å². The van der Waals surface area contributed by atoms with E-state index in [4.69, 9.17) is 10.5 Å². The number of pyridine rings is 1. The highest BCUT2D eigenvalue weighted by atomic mass is 19.4. The molecule has 2 heterocycles. The van der Waals surface area contributed by atoms with Gasteiger partial charge in [-0.2, -0.15) is 0 Å². The van der Waals surface area contributed by atoms with Crippen molar-refractivity contribution in [3.8, 4) is 17.2 Å². The third-order valence-corrected chi connectivity index (χ3v) is 4.42. The summed E-state index contributed by atoms with van der Waals surface area (Å²) in [6, 6.07) is 17.6. The molecule has 2 aromatic carbocycles. The topological polar surface area (TPSA) is 78.9 Å². The first-order valence-corrected chi connectivity index (χ1v) is 9.17. The zero-order valence-corrected chi connectivity index (χ0v) is 16.0. The van der Waals surface area contributed by atoms with E-state index >= 15 is 0 Å². The van der Waals surface area contributed by atoms with E-state index < -0.39 is 12.3 Å². The minimum atomic E-state index is -4.74. The second-order valence-corrected chi connectivity index (χ2v) is 6.64. The number of primary amides is 1. The van der Waals surface area contributed by atoms with E-state index in [-0.39, 0.29) is 5.75 Å². The normalized spacial score (nSPS) is 11.5. The highest BCUT2D eigenvalue weighted by molar-refractivity contribution is 5.93. The molecule has 0 atom stereocenters. The standard InChI is InChI=1S/C22H16F3N3O3/c23-22(24,25)31-17-10-8-16(9-11-17)30-15-6-4-14(5-7-15)13-18-20(21(26)29)28-12-2-1-3-19(28)27-18/h1-12H,13H2,(H2,26,29). The van der Waals surface area contributed by atoms with Crippen LogP contribution in [-0.4, -0.2) is 21.7 Å². The zero-order chi connectivity index (χ0) is 22.0. The number of rotatable bonds is 6. The van der Waals surface area contributed by atoms with E-state index in [9.17, 15) is 18.0 Å². The molecule has 31 heavy (non-hydrogen) atoms. The van der Waals surface area contributed by atoms with Crippen molar-refractivity contribution in [2.75, 3.05) is 0 Å². The summed E-state index contributed by atoms with van der Waals surface area (Å²) in [7, 11) is 0. The van der Waals surface area contributed by atoms with Gasteiger partial charge in [-0.1, -0.05) is 18.2 Å². The molecule has 0 aliphatic carbocycles. The summed E-state index contributed by atoms with van der Waals surface area (Å²) in [6.45, 7) is 0. The molecule has 0 aliphatic rings. The summed E-state index contributed by atoms with van der Waals surface area (Å²) in [6.07, 6.45) is -2.62. The number of ether oxygens (including phenoxy) is 2. The molecule has 4 aromatic rings. The molecular weight excluding hydrogens is 411 g/mol. The molecule has 0 bridgehead atoms. The molecule has 2 aromatic heterocycles. The first-order valence-electron chi connectivity index (χ1n) is 9.17. The van der Waals surface area contributed by atoms with Gasteiger partial charge in [-0.05, 0) is 54.1 Å². The first-order chi connectivity index (χ1) is 14.8. The number of imidazole rings is 1. The summed E-state index contributed by atoms with van der Waals surface area (Å²) in [5, 5.41) is 0. The summed E-state index contributed by atoms with van der Waals surface area (Å²) < 4.78 is 47.8. The van der Waals surface area contributed by atoms with Crippen molar-refractivity contribution < 1.29 is 27.4 Å². The third kappa shape index (κ3) is 4.77. The molecule has 0 radical (unpaired) electrons. The van der Waals surface area contributed by atoms with Crippen LogP contribution in [0.1, 0.15) is 21.7 Å². The molecule has 2 N–H and O–H groups in total. The van der Waals surface area contributed by atoms with E-state index in [2.05, 4.69) is 9.72 Å². The van der Waals surface area contributed by atoms with Gasteiger partial charge in [0.05, 0.1) is 5.69 Å². The van der Waals surface area contributed by atoms with Crippen molar-refractivity contribution in [1.82, 2.24) is 9.38 Å². The van der Waals surface area contributed by atoms with Gasteiger partial charge < -0.3 is 15.2 Å². The van der Waals surface area contributed by atoms with Crippen molar-refractivity contribution in [1.29, 1.82) is 0 Å². The fourth-order valence-corrected chi connectivity index (χ4v) is 3.14. The molecule has 6 nitrogen and oxygen atoms in total. The highest BCUT2D eigenvalue weighted by Gasteiger charge is 2.31. The number of nitrogens with zero attached hydrogens (tertiary/aromatic N) is 2. The number of amides is 1. The second-order valence-electron chi connectivity index (χ2n) is 6.64. The minimum Gasteiger partial charge on any atom is -0.457 e. The monoisotopic (exact) mass is 427 g/mol. The van der Waals surface area contributed by atoms with Crippen LogP contribution in [0.3, 0.4) is 0 Å². The Kier molecular flexibility index (Phi) is 5.24. The maximum absolute atomic E-state index is 12.2. The van der Waals surface area contributed by atoms with Crippen molar-refractivity contribution >= 4 is 11.6 Å². The Balaban J connectivity index is 1.47. The van der Waals surface area contributed by atoms with E-state index in [0.717, 1.165) is 5.56 Å². The van der Waals surface area contributed by atoms with E-state index in [1.54, 1.807) is 34.9 Å². The predicted molar refractivity (Wildman–Crippen MR) is 106 cm³/mol. The molecule has 0 saturated heterocycles. The molecule has 0 fully saturated rings. The van der Waals surface area contributed by atoms with Crippen molar-refractivity contribution in [3.05, 3.63) is 89.9 Å². The summed E-state index contributed by atoms with van der Waals surface area (Å²) >= 11 is 0. The number of hydrogen-bond donors (Lipinski definition) is 1. The average molecular weight is 427 g/mol. The number of carbonyl (C=O) groups is 1. The van der Waals surface area contributed by atoms with E-state index in [0.29, 0.717) is 35.0 Å². The van der Waals surface area contributed by atoms with Gasteiger partial charge in [0, 0.05) is 12.6 Å². The number of aromatic nitrogens is 2. The Morgan fingerprint density at radius 2 is 1.55 bits per heavy atom.